The SMILES string of the molecule is CC1CCN(C(c2ccccc2)c2nnnn2CCc2ccccc2)CC1.Cl. The number of aryl methyl sites for hydroxylation is 2. The Balaban J connectivity index is 0.00000225. The van der Waals surface area contributed by atoms with Gasteiger partial charge in [0.2, 0.25) is 0 Å². The quantitative estimate of drug-likeness (QED) is 0.626. The fraction of sp³-hybridized carbons (Fsp3) is 0.409. The molecule has 0 saturated carbocycles. The van der Waals surface area contributed by atoms with Crippen molar-refractivity contribution in [2.45, 2.75) is 38.8 Å². The summed E-state index contributed by atoms with van der Waals surface area (Å²) in [4.78, 5) is 2.54. The van der Waals surface area contributed by atoms with Gasteiger partial charge in [0.25, 0.3) is 0 Å². The van der Waals surface area contributed by atoms with E-state index in [9.17, 15) is 0 Å². The van der Waals surface area contributed by atoms with E-state index in [0.717, 1.165) is 37.8 Å². The summed E-state index contributed by atoms with van der Waals surface area (Å²) in [7, 11) is 0. The lowest BCUT2D eigenvalue weighted by Gasteiger charge is -2.36. The summed E-state index contributed by atoms with van der Waals surface area (Å²) in [6, 6.07) is 21.3. The summed E-state index contributed by atoms with van der Waals surface area (Å²) >= 11 is 0. The first-order valence-electron chi connectivity index (χ1n) is 9.90. The molecule has 0 spiro atoms. The van der Waals surface area contributed by atoms with Crippen molar-refractivity contribution in [3.63, 3.8) is 0 Å². The first kappa shape index (κ1) is 20.5. The van der Waals surface area contributed by atoms with Crippen molar-refractivity contribution in [2.24, 2.45) is 5.92 Å². The Morgan fingerprint density at radius 1 is 0.964 bits per heavy atom. The normalized spacial score (nSPS) is 16.5. The predicted molar refractivity (Wildman–Crippen MR) is 113 cm³/mol. The van der Waals surface area contributed by atoms with Crippen LogP contribution in [0.2, 0.25) is 0 Å². The standard InChI is InChI=1S/C22H27N5.ClH/c1-18-12-15-26(16-13-18)21(20-10-6-3-7-11-20)22-23-24-25-27(22)17-14-19-8-4-2-5-9-19;/h2-11,18,21H,12-17H2,1H3;1H. The Kier molecular flexibility index (Phi) is 7.18. The van der Waals surface area contributed by atoms with Crippen molar-refractivity contribution < 1.29 is 0 Å². The van der Waals surface area contributed by atoms with E-state index in [2.05, 4.69) is 88.0 Å². The first-order chi connectivity index (χ1) is 13.3. The van der Waals surface area contributed by atoms with E-state index in [1.165, 1.54) is 24.0 Å². The summed E-state index contributed by atoms with van der Waals surface area (Å²) in [5.74, 6) is 1.75. The maximum atomic E-state index is 4.46. The Morgan fingerprint density at radius 2 is 1.61 bits per heavy atom. The predicted octanol–water partition coefficient (Wildman–Crippen LogP) is 4.16. The van der Waals surface area contributed by atoms with Gasteiger partial charge in [0.05, 0.1) is 6.04 Å². The second-order valence-corrected chi connectivity index (χ2v) is 7.53. The van der Waals surface area contributed by atoms with Crippen LogP contribution in [0.1, 0.15) is 42.8 Å². The molecule has 1 aliphatic rings. The Morgan fingerprint density at radius 3 is 2.29 bits per heavy atom. The first-order valence-corrected chi connectivity index (χ1v) is 9.90. The smallest absolute Gasteiger partial charge is 0.173 e. The van der Waals surface area contributed by atoms with Gasteiger partial charge >= 0.3 is 0 Å². The van der Waals surface area contributed by atoms with Gasteiger partial charge in [-0.2, -0.15) is 0 Å². The number of hydrogen-bond acceptors (Lipinski definition) is 4. The number of nitrogens with zero attached hydrogens (tertiary/aromatic N) is 5. The summed E-state index contributed by atoms with van der Waals surface area (Å²) in [5, 5.41) is 12.8. The molecule has 0 amide bonds. The van der Waals surface area contributed by atoms with Gasteiger partial charge in [-0.15, -0.1) is 17.5 Å². The minimum Gasteiger partial charge on any atom is -0.290 e. The average Bonchev–Trinajstić information content (AvgIpc) is 3.18. The van der Waals surface area contributed by atoms with Crippen LogP contribution in [0.15, 0.2) is 60.7 Å². The molecule has 28 heavy (non-hydrogen) atoms. The van der Waals surface area contributed by atoms with Crippen LogP contribution in [-0.2, 0) is 13.0 Å². The van der Waals surface area contributed by atoms with E-state index in [0.29, 0.717) is 0 Å². The highest BCUT2D eigenvalue weighted by atomic mass is 35.5. The molecule has 1 saturated heterocycles. The van der Waals surface area contributed by atoms with Crippen LogP contribution in [0, 0.1) is 5.92 Å². The number of tetrazole rings is 1. The van der Waals surface area contributed by atoms with Crippen molar-refractivity contribution >= 4 is 12.4 Å². The fourth-order valence-electron chi connectivity index (χ4n) is 3.89. The highest BCUT2D eigenvalue weighted by Gasteiger charge is 2.30. The third-order valence-corrected chi connectivity index (χ3v) is 5.56. The van der Waals surface area contributed by atoms with E-state index in [1.54, 1.807) is 0 Å². The molecule has 1 aliphatic heterocycles. The average molecular weight is 398 g/mol. The molecular weight excluding hydrogens is 370 g/mol. The summed E-state index contributed by atoms with van der Waals surface area (Å²) < 4.78 is 1.99. The van der Waals surface area contributed by atoms with Crippen LogP contribution in [0.25, 0.3) is 0 Å². The van der Waals surface area contributed by atoms with Crippen LogP contribution in [-0.4, -0.2) is 38.2 Å². The zero-order valence-electron chi connectivity index (χ0n) is 16.3. The molecule has 148 valence electrons. The summed E-state index contributed by atoms with van der Waals surface area (Å²) in [5.41, 5.74) is 2.57. The summed E-state index contributed by atoms with van der Waals surface area (Å²) in [6.07, 6.45) is 3.39. The maximum absolute atomic E-state index is 4.46. The van der Waals surface area contributed by atoms with Gasteiger partial charge in [-0.05, 0) is 59.8 Å². The van der Waals surface area contributed by atoms with Crippen molar-refractivity contribution in [3.05, 3.63) is 77.6 Å². The molecule has 1 atom stereocenters. The van der Waals surface area contributed by atoms with Crippen molar-refractivity contribution in [3.8, 4) is 0 Å². The molecule has 6 heteroatoms. The molecule has 4 rings (SSSR count). The topological polar surface area (TPSA) is 46.8 Å². The molecule has 1 fully saturated rings. The molecule has 1 aromatic heterocycles. The van der Waals surface area contributed by atoms with Crippen LogP contribution in [0.4, 0.5) is 0 Å². The van der Waals surface area contributed by atoms with Gasteiger partial charge < -0.3 is 0 Å². The van der Waals surface area contributed by atoms with Crippen LogP contribution >= 0.6 is 12.4 Å². The van der Waals surface area contributed by atoms with Crippen LogP contribution in [0.3, 0.4) is 0 Å². The van der Waals surface area contributed by atoms with Gasteiger partial charge in [-0.3, -0.25) is 4.90 Å². The zero-order chi connectivity index (χ0) is 18.5. The Labute approximate surface area is 173 Å². The third-order valence-electron chi connectivity index (χ3n) is 5.56. The number of hydrogen-bond donors (Lipinski definition) is 0. The molecule has 5 nitrogen and oxygen atoms in total. The van der Waals surface area contributed by atoms with Crippen LogP contribution in [0.5, 0.6) is 0 Å². The highest BCUT2D eigenvalue weighted by molar-refractivity contribution is 5.85. The number of likely N-dealkylation sites (tertiary alicyclic amines) is 1. The molecule has 1 unspecified atom stereocenters. The van der Waals surface area contributed by atoms with E-state index in [4.69, 9.17) is 0 Å². The molecular formula is C22H28ClN5. The number of piperidine rings is 1. The molecule has 0 aliphatic carbocycles. The maximum Gasteiger partial charge on any atom is 0.173 e. The molecule has 0 N–H and O–H groups in total. The third kappa shape index (κ3) is 4.78. The Hall–Kier alpha value is -2.24. The van der Waals surface area contributed by atoms with Gasteiger partial charge in [0.1, 0.15) is 0 Å². The minimum atomic E-state index is 0. The second kappa shape index (κ2) is 9.80. The van der Waals surface area contributed by atoms with Gasteiger partial charge in [-0.25, -0.2) is 4.68 Å². The fourth-order valence-corrected chi connectivity index (χ4v) is 3.89. The van der Waals surface area contributed by atoms with E-state index in [-0.39, 0.29) is 18.4 Å². The van der Waals surface area contributed by atoms with Crippen molar-refractivity contribution in [2.75, 3.05) is 13.1 Å². The number of halogens is 1. The minimum absolute atomic E-state index is 0. The van der Waals surface area contributed by atoms with Gasteiger partial charge in [0.15, 0.2) is 5.82 Å². The second-order valence-electron chi connectivity index (χ2n) is 7.53. The van der Waals surface area contributed by atoms with E-state index >= 15 is 0 Å². The lowest BCUT2D eigenvalue weighted by atomic mass is 9.95. The van der Waals surface area contributed by atoms with Crippen molar-refractivity contribution in [1.29, 1.82) is 0 Å². The molecule has 2 heterocycles. The number of aromatic nitrogens is 4. The Bertz CT molecular complexity index is 828. The molecule has 2 aromatic carbocycles. The lowest BCUT2D eigenvalue weighted by Crippen LogP contribution is -2.38. The lowest BCUT2D eigenvalue weighted by molar-refractivity contribution is 0.150. The molecule has 0 radical (unpaired) electrons. The zero-order valence-corrected chi connectivity index (χ0v) is 17.1. The number of rotatable bonds is 6. The molecule has 0 bridgehead atoms. The largest absolute Gasteiger partial charge is 0.290 e. The van der Waals surface area contributed by atoms with Crippen molar-refractivity contribution in [1.82, 2.24) is 25.1 Å². The molecule has 3 aromatic rings. The number of benzene rings is 2. The monoisotopic (exact) mass is 397 g/mol. The van der Waals surface area contributed by atoms with Gasteiger partial charge in [-0.1, -0.05) is 67.6 Å². The summed E-state index contributed by atoms with van der Waals surface area (Å²) in [6.45, 7) is 5.32. The van der Waals surface area contributed by atoms with E-state index in [1.807, 2.05) is 4.68 Å². The highest BCUT2D eigenvalue weighted by Crippen LogP contribution is 2.31. The van der Waals surface area contributed by atoms with Crippen LogP contribution < -0.4 is 0 Å². The van der Waals surface area contributed by atoms with Gasteiger partial charge in [0, 0.05) is 6.54 Å². The van der Waals surface area contributed by atoms with E-state index < -0.39 is 0 Å².